The molecule has 1 aromatic heterocycles. The molecule has 1 saturated carbocycles. The molecule has 1 saturated heterocycles. The third-order valence-corrected chi connectivity index (χ3v) is 6.10. The van der Waals surface area contributed by atoms with E-state index in [1.807, 2.05) is 23.1 Å². The summed E-state index contributed by atoms with van der Waals surface area (Å²) in [4.78, 5) is 25.9. The molecule has 5 rings (SSSR count). The van der Waals surface area contributed by atoms with Gasteiger partial charge in [0.15, 0.2) is 11.5 Å². The molecule has 8 nitrogen and oxygen atoms in total. The largest absolute Gasteiger partial charge is 0.486 e. The molecule has 1 aliphatic carbocycles. The van der Waals surface area contributed by atoms with Gasteiger partial charge in [0.2, 0.25) is 5.91 Å². The Bertz CT molecular complexity index is 948. The van der Waals surface area contributed by atoms with Crippen LogP contribution in [0.1, 0.15) is 47.1 Å². The van der Waals surface area contributed by atoms with Gasteiger partial charge in [0.1, 0.15) is 13.2 Å². The van der Waals surface area contributed by atoms with Crippen molar-refractivity contribution in [3.05, 3.63) is 41.7 Å². The molecule has 1 aromatic carbocycles. The third kappa shape index (κ3) is 3.43. The maximum Gasteiger partial charge on any atom is 0.338 e. The normalized spacial score (nSPS) is 23.7. The quantitative estimate of drug-likeness (QED) is 0.851. The zero-order valence-electron chi connectivity index (χ0n) is 16.0. The second-order valence-corrected chi connectivity index (χ2v) is 7.92. The van der Waals surface area contributed by atoms with Gasteiger partial charge in [0, 0.05) is 25.2 Å². The minimum absolute atomic E-state index is 0.0393. The van der Waals surface area contributed by atoms with Gasteiger partial charge in [0.05, 0.1) is 17.8 Å². The number of carbonyl (C=O) groups is 2. The molecule has 3 heterocycles. The van der Waals surface area contributed by atoms with Gasteiger partial charge in [-0.3, -0.25) is 9.48 Å². The van der Waals surface area contributed by atoms with E-state index in [-0.39, 0.29) is 29.3 Å². The number of likely N-dealkylation sites (tertiary alicyclic amines) is 1. The maximum atomic E-state index is 12.9. The molecular formula is C21H23N3O5. The van der Waals surface area contributed by atoms with Crippen LogP contribution in [0.3, 0.4) is 0 Å². The van der Waals surface area contributed by atoms with E-state index in [1.165, 1.54) is 6.20 Å². The van der Waals surface area contributed by atoms with Crippen molar-refractivity contribution in [2.45, 2.75) is 31.2 Å². The average molecular weight is 397 g/mol. The molecule has 3 aliphatic rings. The number of hydrogen-bond acceptors (Lipinski definition) is 5. The second kappa shape index (κ2) is 7.09. The molecule has 29 heavy (non-hydrogen) atoms. The fourth-order valence-electron chi connectivity index (χ4n) is 4.36. The first-order valence-electron chi connectivity index (χ1n) is 10.1. The van der Waals surface area contributed by atoms with Gasteiger partial charge in [-0.2, -0.15) is 5.10 Å². The van der Waals surface area contributed by atoms with Crippen molar-refractivity contribution >= 4 is 11.9 Å². The number of piperidine rings is 1. The zero-order chi connectivity index (χ0) is 20.0. The smallest absolute Gasteiger partial charge is 0.338 e. The van der Waals surface area contributed by atoms with Crippen LogP contribution in [0.15, 0.2) is 30.6 Å². The Balaban J connectivity index is 1.18. The first-order valence-corrected chi connectivity index (χ1v) is 10.1. The van der Waals surface area contributed by atoms with Gasteiger partial charge in [-0.05, 0) is 42.9 Å². The summed E-state index contributed by atoms with van der Waals surface area (Å²) in [7, 11) is 0. The number of rotatable bonds is 4. The van der Waals surface area contributed by atoms with Gasteiger partial charge in [-0.25, -0.2) is 4.79 Å². The predicted molar refractivity (Wildman–Crippen MR) is 102 cm³/mol. The Hall–Kier alpha value is -3.03. The standard InChI is InChI=1S/C21H23N3O5/c25-20(17-10-16(17)13-1-2-18-19(9-13)29-8-7-28-18)23-5-3-15(4-6-23)24-12-14(11-22-24)21(26)27/h1-2,9,11-12,15-17H,3-8,10H2,(H,26,27). The fraction of sp³-hybridized carbons (Fsp3) is 0.476. The number of carboxylic acids is 1. The van der Waals surface area contributed by atoms with Crippen LogP contribution in [-0.4, -0.2) is 58.0 Å². The van der Waals surface area contributed by atoms with E-state index in [2.05, 4.69) is 5.10 Å². The van der Waals surface area contributed by atoms with Crippen molar-refractivity contribution in [3.8, 4) is 11.5 Å². The molecule has 152 valence electrons. The molecule has 2 atom stereocenters. The van der Waals surface area contributed by atoms with Crippen LogP contribution >= 0.6 is 0 Å². The Morgan fingerprint density at radius 3 is 2.59 bits per heavy atom. The fourth-order valence-corrected chi connectivity index (χ4v) is 4.36. The number of hydrogen-bond donors (Lipinski definition) is 1. The van der Waals surface area contributed by atoms with E-state index in [0.29, 0.717) is 26.3 Å². The molecule has 8 heteroatoms. The highest BCUT2D eigenvalue weighted by Crippen LogP contribution is 2.50. The van der Waals surface area contributed by atoms with Crippen LogP contribution < -0.4 is 9.47 Å². The van der Waals surface area contributed by atoms with E-state index < -0.39 is 5.97 Å². The second-order valence-electron chi connectivity index (χ2n) is 7.92. The molecule has 1 N–H and O–H groups in total. The molecule has 0 radical (unpaired) electrons. The molecule has 0 bridgehead atoms. The summed E-state index contributed by atoms with van der Waals surface area (Å²) in [6, 6.07) is 6.12. The average Bonchev–Trinajstić information content (AvgIpc) is 3.40. The van der Waals surface area contributed by atoms with E-state index >= 15 is 0 Å². The highest BCUT2D eigenvalue weighted by molar-refractivity contribution is 5.86. The minimum Gasteiger partial charge on any atom is -0.486 e. The van der Waals surface area contributed by atoms with Crippen molar-refractivity contribution in [2.75, 3.05) is 26.3 Å². The van der Waals surface area contributed by atoms with Gasteiger partial charge in [0.25, 0.3) is 0 Å². The van der Waals surface area contributed by atoms with Gasteiger partial charge >= 0.3 is 5.97 Å². The SMILES string of the molecule is O=C(O)c1cnn(C2CCN(C(=O)C3CC3c3ccc4c(c3)OCCO4)CC2)c1. The summed E-state index contributed by atoms with van der Waals surface area (Å²) >= 11 is 0. The predicted octanol–water partition coefficient (Wildman–Crippen LogP) is 2.32. The summed E-state index contributed by atoms with van der Waals surface area (Å²) in [6.45, 7) is 2.48. The number of carboxylic acid groups (broad SMARTS) is 1. The number of nitrogens with zero attached hydrogens (tertiary/aromatic N) is 3. The number of benzene rings is 1. The zero-order valence-corrected chi connectivity index (χ0v) is 16.0. The lowest BCUT2D eigenvalue weighted by Crippen LogP contribution is -2.40. The Labute approximate surface area is 168 Å². The Morgan fingerprint density at radius 2 is 1.86 bits per heavy atom. The molecule has 2 fully saturated rings. The molecule has 2 aromatic rings. The van der Waals surface area contributed by atoms with Crippen molar-refractivity contribution in [1.82, 2.24) is 14.7 Å². The van der Waals surface area contributed by atoms with E-state index in [9.17, 15) is 9.59 Å². The highest BCUT2D eigenvalue weighted by atomic mass is 16.6. The van der Waals surface area contributed by atoms with Crippen LogP contribution in [-0.2, 0) is 4.79 Å². The topological polar surface area (TPSA) is 93.9 Å². The number of fused-ring (bicyclic) bond motifs is 1. The molecule has 0 spiro atoms. The number of carbonyl (C=O) groups excluding carboxylic acids is 1. The minimum atomic E-state index is -0.970. The van der Waals surface area contributed by atoms with Crippen molar-refractivity contribution in [3.63, 3.8) is 0 Å². The summed E-state index contributed by atoms with van der Waals surface area (Å²) in [5.74, 6) is 1.08. The number of aromatic nitrogens is 2. The molecular weight excluding hydrogens is 374 g/mol. The first kappa shape index (κ1) is 18.0. The highest BCUT2D eigenvalue weighted by Gasteiger charge is 2.46. The van der Waals surface area contributed by atoms with Gasteiger partial charge in [-0.1, -0.05) is 6.07 Å². The van der Waals surface area contributed by atoms with Crippen LogP contribution in [0.2, 0.25) is 0 Å². The lowest BCUT2D eigenvalue weighted by Gasteiger charge is -2.32. The van der Waals surface area contributed by atoms with Crippen LogP contribution in [0, 0.1) is 5.92 Å². The third-order valence-electron chi connectivity index (χ3n) is 6.10. The summed E-state index contributed by atoms with van der Waals surface area (Å²) in [5.41, 5.74) is 1.34. The lowest BCUT2D eigenvalue weighted by molar-refractivity contribution is -0.134. The maximum absolute atomic E-state index is 12.9. The molecule has 1 amide bonds. The summed E-state index contributed by atoms with van der Waals surface area (Å²) in [5, 5.41) is 13.2. The van der Waals surface area contributed by atoms with Crippen LogP contribution in [0.25, 0.3) is 0 Å². The number of amides is 1. The van der Waals surface area contributed by atoms with Crippen LogP contribution in [0.5, 0.6) is 11.5 Å². The lowest BCUT2D eigenvalue weighted by atomic mass is 10.0. The van der Waals surface area contributed by atoms with Crippen molar-refractivity contribution in [1.29, 1.82) is 0 Å². The summed E-state index contributed by atoms with van der Waals surface area (Å²) in [6.07, 6.45) is 5.40. The van der Waals surface area contributed by atoms with Crippen LogP contribution in [0.4, 0.5) is 0 Å². The first-order chi connectivity index (χ1) is 14.1. The van der Waals surface area contributed by atoms with E-state index in [4.69, 9.17) is 14.6 Å². The summed E-state index contributed by atoms with van der Waals surface area (Å²) < 4.78 is 13.0. The molecule has 2 aliphatic heterocycles. The van der Waals surface area contributed by atoms with E-state index in [0.717, 1.165) is 36.3 Å². The monoisotopic (exact) mass is 397 g/mol. The van der Waals surface area contributed by atoms with E-state index in [1.54, 1.807) is 10.9 Å². The Kier molecular flexibility index (Phi) is 4.41. The Morgan fingerprint density at radius 1 is 1.10 bits per heavy atom. The van der Waals surface area contributed by atoms with Gasteiger partial charge in [-0.15, -0.1) is 0 Å². The number of aromatic carboxylic acids is 1. The molecule has 2 unspecified atom stereocenters. The van der Waals surface area contributed by atoms with Crippen molar-refractivity contribution in [2.24, 2.45) is 5.92 Å². The number of ether oxygens (including phenoxy) is 2. The van der Waals surface area contributed by atoms with Gasteiger partial charge < -0.3 is 19.5 Å². The van der Waals surface area contributed by atoms with Crippen molar-refractivity contribution < 1.29 is 24.2 Å².